The van der Waals surface area contributed by atoms with E-state index in [-0.39, 0.29) is 5.91 Å². The van der Waals surface area contributed by atoms with Crippen molar-refractivity contribution >= 4 is 11.6 Å². The van der Waals surface area contributed by atoms with E-state index in [1.165, 1.54) is 5.56 Å². The van der Waals surface area contributed by atoms with Crippen LogP contribution in [0.4, 0.5) is 5.69 Å². The molecular weight excluding hydrogens is 298 g/mol. The number of carbonyl (C=O) groups excluding carboxylic acids is 1. The van der Waals surface area contributed by atoms with Gasteiger partial charge in [0, 0.05) is 5.69 Å². The number of hydrogen-bond donors (Lipinski definition) is 1. The lowest BCUT2D eigenvalue weighted by molar-refractivity contribution is -0.122. The van der Waals surface area contributed by atoms with E-state index in [0.717, 1.165) is 34.5 Å². The van der Waals surface area contributed by atoms with Crippen molar-refractivity contribution in [2.45, 2.75) is 53.6 Å². The summed E-state index contributed by atoms with van der Waals surface area (Å²) in [6.45, 7) is 10.2. The highest BCUT2D eigenvalue weighted by molar-refractivity contribution is 5.95. The quantitative estimate of drug-likeness (QED) is 0.814. The van der Waals surface area contributed by atoms with Crippen molar-refractivity contribution in [2.24, 2.45) is 0 Å². The maximum absolute atomic E-state index is 12.7. The van der Waals surface area contributed by atoms with E-state index >= 15 is 0 Å². The van der Waals surface area contributed by atoms with Crippen LogP contribution < -0.4 is 10.1 Å². The van der Waals surface area contributed by atoms with Crippen LogP contribution in [0.1, 0.15) is 42.5 Å². The lowest BCUT2D eigenvalue weighted by atomic mass is 10.1. The Bertz CT molecular complexity index is 722. The largest absolute Gasteiger partial charge is 0.481 e. The molecule has 1 amide bonds. The van der Waals surface area contributed by atoms with Gasteiger partial charge in [-0.25, -0.2) is 0 Å². The van der Waals surface area contributed by atoms with Gasteiger partial charge in [0.2, 0.25) is 0 Å². The van der Waals surface area contributed by atoms with Gasteiger partial charge in [-0.2, -0.15) is 0 Å². The van der Waals surface area contributed by atoms with Gasteiger partial charge in [-0.05, 0) is 68.0 Å². The molecule has 0 saturated heterocycles. The van der Waals surface area contributed by atoms with Crippen LogP contribution in [-0.4, -0.2) is 12.0 Å². The first-order valence-electron chi connectivity index (χ1n) is 8.59. The fraction of sp³-hybridized carbons (Fsp3) is 0.381. The SMILES string of the molecule is CCc1cccc(C)c1NC(=O)[C@@H](CC)Oc1ccc(C)c(C)c1. The van der Waals surface area contributed by atoms with Crippen molar-refractivity contribution in [2.75, 3.05) is 5.32 Å². The number of rotatable bonds is 6. The normalized spacial score (nSPS) is 11.9. The summed E-state index contributed by atoms with van der Waals surface area (Å²) >= 11 is 0. The van der Waals surface area contributed by atoms with Gasteiger partial charge < -0.3 is 10.1 Å². The number of para-hydroxylation sites is 1. The highest BCUT2D eigenvalue weighted by atomic mass is 16.5. The summed E-state index contributed by atoms with van der Waals surface area (Å²) < 4.78 is 5.93. The summed E-state index contributed by atoms with van der Waals surface area (Å²) in [5.74, 6) is 0.639. The first-order chi connectivity index (χ1) is 11.5. The van der Waals surface area contributed by atoms with Crippen LogP contribution in [0.25, 0.3) is 0 Å². The monoisotopic (exact) mass is 325 g/mol. The van der Waals surface area contributed by atoms with Crippen LogP contribution in [0.15, 0.2) is 36.4 Å². The molecule has 0 radical (unpaired) electrons. The third-order valence-corrected chi connectivity index (χ3v) is 4.41. The summed E-state index contributed by atoms with van der Waals surface area (Å²) in [7, 11) is 0. The van der Waals surface area contributed by atoms with Crippen molar-refractivity contribution < 1.29 is 9.53 Å². The van der Waals surface area contributed by atoms with E-state index in [9.17, 15) is 4.79 Å². The van der Waals surface area contributed by atoms with E-state index < -0.39 is 6.10 Å². The average Bonchev–Trinajstić information content (AvgIpc) is 2.57. The Morgan fingerprint density at radius 1 is 1.04 bits per heavy atom. The van der Waals surface area contributed by atoms with Crippen LogP contribution in [0, 0.1) is 20.8 Å². The summed E-state index contributed by atoms with van der Waals surface area (Å²) in [5, 5.41) is 3.06. The second-order valence-corrected chi connectivity index (χ2v) is 6.21. The predicted molar refractivity (Wildman–Crippen MR) is 99.8 cm³/mol. The highest BCUT2D eigenvalue weighted by Crippen LogP contribution is 2.23. The third-order valence-electron chi connectivity index (χ3n) is 4.41. The van der Waals surface area contributed by atoms with Crippen molar-refractivity contribution in [1.29, 1.82) is 0 Å². The summed E-state index contributed by atoms with van der Waals surface area (Å²) in [6, 6.07) is 12.0. The molecule has 2 rings (SSSR count). The van der Waals surface area contributed by atoms with E-state index in [2.05, 4.69) is 19.2 Å². The molecule has 0 aliphatic heterocycles. The van der Waals surface area contributed by atoms with E-state index in [1.54, 1.807) is 0 Å². The Morgan fingerprint density at radius 2 is 1.79 bits per heavy atom. The minimum atomic E-state index is -0.503. The fourth-order valence-electron chi connectivity index (χ4n) is 2.68. The summed E-state index contributed by atoms with van der Waals surface area (Å²) in [5.41, 5.74) is 5.50. The number of carbonyl (C=O) groups is 1. The molecule has 0 aliphatic carbocycles. The minimum absolute atomic E-state index is 0.0975. The van der Waals surface area contributed by atoms with Crippen LogP contribution in [0.2, 0.25) is 0 Å². The minimum Gasteiger partial charge on any atom is -0.481 e. The number of ether oxygens (including phenoxy) is 1. The molecule has 1 N–H and O–H groups in total. The van der Waals surface area contributed by atoms with Gasteiger partial charge in [0.1, 0.15) is 5.75 Å². The molecule has 0 unspecified atom stereocenters. The molecule has 0 saturated carbocycles. The lowest BCUT2D eigenvalue weighted by Gasteiger charge is -2.20. The van der Waals surface area contributed by atoms with Gasteiger partial charge in [0.05, 0.1) is 0 Å². The molecule has 24 heavy (non-hydrogen) atoms. The number of benzene rings is 2. The van der Waals surface area contributed by atoms with E-state index in [1.807, 2.05) is 57.2 Å². The molecule has 0 bridgehead atoms. The highest BCUT2D eigenvalue weighted by Gasteiger charge is 2.20. The molecule has 0 aliphatic rings. The Kier molecular flexibility index (Phi) is 6.02. The second kappa shape index (κ2) is 8.00. The van der Waals surface area contributed by atoms with Crippen LogP contribution >= 0.6 is 0 Å². The fourth-order valence-corrected chi connectivity index (χ4v) is 2.68. The van der Waals surface area contributed by atoms with E-state index in [0.29, 0.717) is 6.42 Å². The number of anilines is 1. The first-order valence-corrected chi connectivity index (χ1v) is 8.59. The molecule has 2 aromatic carbocycles. The standard InChI is InChI=1S/C21H27NO2/c1-6-17-10-8-9-15(4)20(17)22-21(23)19(7-2)24-18-12-11-14(3)16(5)13-18/h8-13,19H,6-7H2,1-5H3,(H,22,23)/t19-/m1/s1. The van der Waals surface area contributed by atoms with Gasteiger partial charge in [-0.15, -0.1) is 0 Å². The Hall–Kier alpha value is -2.29. The third kappa shape index (κ3) is 4.16. The lowest BCUT2D eigenvalue weighted by Crippen LogP contribution is -2.33. The molecule has 0 spiro atoms. The molecule has 0 fully saturated rings. The van der Waals surface area contributed by atoms with Crippen molar-refractivity contribution in [1.82, 2.24) is 0 Å². The van der Waals surface area contributed by atoms with Gasteiger partial charge in [0.15, 0.2) is 6.10 Å². The predicted octanol–water partition coefficient (Wildman–Crippen LogP) is 4.97. The molecule has 3 heteroatoms. The molecule has 1 atom stereocenters. The maximum atomic E-state index is 12.7. The summed E-state index contributed by atoms with van der Waals surface area (Å²) in [6.07, 6.45) is 0.995. The zero-order valence-electron chi connectivity index (χ0n) is 15.3. The molecule has 2 aromatic rings. The number of aryl methyl sites for hydroxylation is 4. The first kappa shape index (κ1) is 18.1. The number of nitrogens with one attached hydrogen (secondary N) is 1. The summed E-state index contributed by atoms with van der Waals surface area (Å²) in [4.78, 5) is 12.7. The van der Waals surface area contributed by atoms with Gasteiger partial charge in [-0.1, -0.05) is 38.1 Å². The molecule has 3 nitrogen and oxygen atoms in total. The van der Waals surface area contributed by atoms with Gasteiger partial charge in [-0.3, -0.25) is 4.79 Å². The van der Waals surface area contributed by atoms with Crippen LogP contribution in [0.5, 0.6) is 5.75 Å². The Balaban J connectivity index is 2.16. The van der Waals surface area contributed by atoms with Gasteiger partial charge in [0.25, 0.3) is 5.91 Å². The average molecular weight is 325 g/mol. The van der Waals surface area contributed by atoms with Crippen molar-refractivity contribution in [3.8, 4) is 5.75 Å². The zero-order valence-corrected chi connectivity index (χ0v) is 15.3. The topological polar surface area (TPSA) is 38.3 Å². The zero-order chi connectivity index (χ0) is 17.7. The van der Waals surface area contributed by atoms with Gasteiger partial charge >= 0.3 is 0 Å². The number of hydrogen-bond acceptors (Lipinski definition) is 2. The second-order valence-electron chi connectivity index (χ2n) is 6.21. The molecule has 128 valence electrons. The Morgan fingerprint density at radius 3 is 2.42 bits per heavy atom. The van der Waals surface area contributed by atoms with E-state index in [4.69, 9.17) is 4.74 Å². The van der Waals surface area contributed by atoms with Crippen LogP contribution in [0.3, 0.4) is 0 Å². The maximum Gasteiger partial charge on any atom is 0.265 e. The molecular formula is C21H27NO2. The number of amides is 1. The smallest absolute Gasteiger partial charge is 0.265 e. The van der Waals surface area contributed by atoms with Crippen molar-refractivity contribution in [3.05, 3.63) is 58.7 Å². The molecule has 0 heterocycles. The molecule has 0 aromatic heterocycles. The van der Waals surface area contributed by atoms with Crippen molar-refractivity contribution in [3.63, 3.8) is 0 Å². The Labute approximate surface area is 145 Å². The van der Waals surface area contributed by atoms with Crippen LogP contribution in [-0.2, 0) is 11.2 Å².